The molecule has 0 bridgehead atoms. The van der Waals surface area contributed by atoms with Gasteiger partial charge in [-0.2, -0.15) is 5.26 Å². The Labute approximate surface area is 137 Å². The molecule has 3 heterocycles. The van der Waals surface area contributed by atoms with Gasteiger partial charge >= 0.3 is 0 Å². The lowest BCUT2D eigenvalue weighted by Gasteiger charge is -2.34. The molecule has 24 heavy (non-hydrogen) atoms. The average Bonchev–Trinajstić information content (AvgIpc) is 3.01. The predicted molar refractivity (Wildman–Crippen MR) is 86.4 cm³/mol. The largest absolute Gasteiger partial charge is 0.353 e. The number of amides is 1. The first-order chi connectivity index (χ1) is 11.6. The molecule has 6 nitrogen and oxygen atoms in total. The summed E-state index contributed by atoms with van der Waals surface area (Å²) in [5.41, 5.74) is 1.38. The first kappa shape index (κ1) is 14.5. The number of aromatic nitrogens is 1. The number of anilines is 2. The molecular formula is C17H14FN5O. The smallest absolute Gasteiger partial charge is 0.252 e. The maximum Gasteiger partial charge on any atom is 0.252 e. The number of nitrogens with one attached hydrogen (secondary N) is 2. The Balaban J connectivity index is 1.66. The third kappa shape index (κ3) is 2.24. The van der Waals surface area contributed by atoms with E-state index in [2.05, 4.69) is 21.8 Å². The Morgan fingerprint density at radius 1 is 1.29 bits per heavy atom. The number of nitriles is 1. The highest BCUT2D eigenvalue weighted by Crippen LogP contribution is 2.36. The summed E-state index contributed by atoms with van der Waals surface area (Å²) in [6, 6.07) is 7.91. The van der Waals surface area contributed by atoms with Gasteiger partial charge in [0.25, 0.3) is 5.91 Å². The molecule has 0 aliphatic carbocycles. The molecule has 1 spiro atoms. The van der Waals surface area contributed by atoms with Gasteiger partial charge in [0.1, 0.15) is 11.4 Å². The highest BCUT2D eigenvalue weighted by Gasteiger charge is 2.47. The van der Waals surface area contributed by atoms with Crippen LogP contribution in [0.25, 0.3) is 11.1 Å². The molecule has 1 aromatic carbocycles. The number of rotatable bonds is 1. The van der Waals surface area contributed by atoms with E-state index >= 15 is 0 Å². The number of pyridine rings is 1. The van der Waals surface area contributed by atoms with Crippen molar-refractivity contribution in [3.8, 4) is 17.3 Å². The highest BCUT2D eigenvalue weighted by atomic mass is 19.1. The topological polar surface area (TPSA) is 81.1 Å². The Kier molecular flexibility index (Phi) is 3.13. The normalized spacial score (nSPS) is 21.8. The van der Waals surface area contributed by atoms with Crippen LogP contribution < -0.4 is 10.6 Å². The van der Waals surface area contributed by atoms with Crippen molar-refractivity contribution < 1.29 is 9.18 Å². The Hall–Kier alpha value is -3.14. The lowest BCUT2D eigenvalue weighted by Crippen LogP contribution is -2.54. The van der Waals surface area contributed by atoms with Gasteiger partial charge in [0.15, 0.2) is 12.0 Å². The number of fused-ring (bicyclic) bond motifs is 1. The molecule has 4 rings (SSSR count). The maximum atomic E-state index is 13.0. The molecule has 1 amide bonds. The summed E-state index contributed by atoms with van der Waals surface area (Å²) in [5, 5.41) is 15.1. The van der Waals surface area contributed by atoms with Gasteiger partial charge < -0.3 is 15.5 Å². The minimum Gasteiger partial charge on any atom is -0.353 e. The fourth-order valence-corrected chi connectivity index (χ4v) is 3.17. The van der Waals surface area contributed by atoms with Crippen LogP contribution in [0.4, 0.5) is 15.9 Å². The van der Waals surface area contributed by atoms with Gasteiger partial charge in [-0.3, -0.25) is 4.79 Å². The second kappa shape index (κ2) is 5.20. The van der Waals surface area contributed by atoms with Crippen LogP contribution in [0.15, 0.2) is 36.5 Å². The van der Waals surface area contributed by atoms with Crippen LogP contribution in [0, 0.1) is 17.3 Å². The SMILES string of the molecule is N#CN1CCC2(C1)Nc1ncc(-c3ccc(F)cc3)cc1NC2=O. The number of benzene rings is 1. The molecule has 0 radical (unpaired) electrons. The Bertz CT molecular complexity index is 860. The molecular weight excluding hydrogens is 309 g/mol. The van der Waals surface area contributed by atoms with Crippen LogP contribution in [-0.2, 0) is 4.79 Å². The number of halogens is 1. The zero-order chi connectivity index (χ0) is 16.7. The number of hydrogen-bond donors (Lipinski definition) is 2. The highest BCUT2D eigenvalue weighted by molar-refractivity contribution is 6.06. The average molecular weight is 323 g/mol. The van der Waals surface area contributed by atoms with Crippen LogP contribution in [0.1, 0.15) is 6.42 Å². The molecule has 1 unspecified atom stereocenters. The molecule has 1 saturated heterocycles. The molecule has 2 aliphatic rings. The van der Waals surface area contributed by atoms with E-state index in [0.717, 1.165) is 11.1 Å². The van der Waals surface area contributed by atoms with Crippen LogP contribution in [0.3, 0.4) is 0 Å². The summed E-state index contributed by atoms with van der Waals surface area (Å²) in [6.45, 7) is 0.871. The van der Waals surface area contributed by atoms with Gasteiger partial charge in [-0.05, 0) is 30.2 Å². The van der Waals surface area contributed by atoms with Crippen LogP contribution in [0.5, 0.6) is 0 Å². The van der Waals surface area contributed by atoms with Crippen molar-refractivity contribution in [3.05, 3.63) is 42.3 Å². The summed E-state index contributed by atoms with van der Waals surface area (Å²) in [4.78, 5) is 18.5. The van der Waals surface area contributed by atoms with E-state index in [1.54, 1.807) is 23.2 Å². The lowest BCUT2D eigenvalue weighted by atomic mass is 9.94. The van der Waals surface area contributed by atoms with Gasteiger partial charge in [0, 0.05) is 18.3 Å². The van der Waals surface area contributed by atoms with Gasteiger partial charge in [0.05, 0.1) is 12.2 Å². The van der Waals surface area contributed by atoms with Crippen molar-refractivity contribution in [2.75, 3.05) is 23.7 Å². The lowest BCUT2D eigenvalue weighted by molar-refractivity contribution is -0.120. The molecule has 7 heteroatoms. The minimum atomic E-state index is -0.812. The quantitative estimate of drug-likeness (QED) is 0.786. The van der Waals surface area contributed by atoms with Crippen molar-refractivity contribution in [2.24, 2.45) is 0 Å². The molecule has 1 atom stereocenters. The summed E-state index contributed by atoms with van der Waals surface area (Å²) in [7, 11) is 0. The van der Waals surface area contributed by atoms with E-state index in [-0.39, 0.29) is 11.7 Å². The van der Waals surface area contributed by atoms with E-state index < -0.39 is 5.54 Å². The van der Waals surface area contributed by atoms with E-state index in [9.17, 15) is 9.18 Å². The van der Waals surface area contributed by atoms with E-state index in [4.69, 9.17) is 5.26 Å². The third-order valence-electron chi connectivity index (χ3n) is 4.52. The van der Waals surface area contributed by atoms with Gasteiger partial charge in [-0.15, -0.1) is 0 Å². The number of likely N-dealkylation sites (tertiary alicyclic amines) is 1. The molecule has 120 valence electrons. The van der Waals surface area contributed by atoms with Crippen molar-refractivity contribution in [1.82, 2.24) is 9.88 Å². The number of nitrogens with zero attached hydrogens (tertiary/aromatic N) is 3. The minimum absolute atomic E-state index is 0.161. The zero-order valence-electron chi connectivity index (χ0n) is 12.7. The molecule has 2 aromatic rings. The molecule has 2 N–H and O–H groups in total. The number of hydrogen-bond acceptors (Lipinski definition) is 5. The second-order valence-corrected chi connectivity index (χ2v) is 6.06. The fraction of sp³-hybridized carbons (Fsp3) is 0.235. The first-order valence-electron chi connectivity index (χ1n) is 7.60. The van der Waals surface area contributed by atoms with Crippen molar-refractivity contribution in [1.29, 1.82) is 5.26 Å². The molecule has 1 fully saturated rings. The van der Waals surface area contributed by atoms with E-state index in [0.29, 0.717) is 31.0 Å². The van der Waals surface area contributed by atoms with Crippen LogP contribution in [-0.4, -0.2) is 34.4 Å². The summed E-state index contributed by atoms with van der Waals surface area (Å²) in [6.07, 6.45) is 4.31. The van der Waals surface area contributed by atoms with Gasteiger partial charge in [0.2, 0.25) is 0 Å². The van der Waals surface area contributed by atoms with E-state index in [1.165, 1.54) is 12.1 Å². The van der Waals surface area contributed by atoms with Crippen LogP contribution in [0.2, 0.25) is 0 Å². The Morgan fingerprint density at radius 2 is 2.08 bits per heavy atom. The molecule has 1 aromatic heterocycles. The predicted octanol–water partition coefficient (Wildman–Crippen LogP) is 2.18. The number of carbonyl (C=O) groups excluding carboxylic acids is 1. The summed E-state index contributed by atoms with van der Waals surface area (Å²) in [5.74, 6) is 0.121. The van der Waals surface area contributed by atoms with Gasteiger partial charge in [-0.1, -0.05) is 12.1 Å². The van der Waals surface area contributed by atoms with Crippen molar-refractivity contribution in [2.45, 2.75) is 12.0 Å². The second-order valence-electron chi connectivity index (χ2n) is 6.06. The van der Waals surface area contributed by atoms with Crippen LogP contribution >= 0.6 is 0 Å². The van der Waals surface area contributed by atoms with Crippen molar-refractivity contribution >= 4 is 17.4 Å². The number of carbonyl (C=O) groups is 1. The standard InChI is InChI=1S/C17H14FN5O/c18-13-3-1-11(2-4-13)12-7-14-15(20-8-12)22-17(16(24)21-14)5-6-23(9-17)10-19/h1-4,7-8H,5-6,9H2,(H,20,22)(H,21,24). The Morgan fingerprint density at radius 3 is 2.79 bits per heavy atom. The fourth-order valence-electron chi connectivity index (χ4n) is 3.17. The summed E-state index contributed by atoms with van der Waals surface area (Å²) >= 11 is 0. The van der Waals surface area contributed by atoms with Crippen molar-refractivity contribution in [3.63, 3.8) is 0 Å². The first-order valence-corrected chi connectivity index (χ1v) is 7.60. The van der Waals surface area contributed by atoms with Gasteiger partial charge in [-0.25, -0.2) is 9.37 Å². The maximum absolute atomic E-state index is 13.0. The third-order valence-corrected chi connectivity index (χ3v) is 4.52. The summed E-state index contributed by atoms with van der Waals surface area (Å²) < 4.78 is 13.0. The monoisotopic (exact) mass is 323 g/mol. The van der Waals surface area contributed by atoms with E-state index in [1.807, 2.05) is 6.07 Å². The zero-order valence-corrected chi connectivity index (χ0v) is 12.7. The molecule has 2 aliphatic heterocycles. The molecule has 0 saturated carbocycles.